The van der Waals surface area contributed by atoms with Crippen molar-refractivity contribution >= 4 is 12.1 Å². The third-order valence-electron chi connectivity index (χ3n) is 3.81. The Morgan fingerprint density at radius 2 is 1.81 bits per heavy atom. The molecule has 0 radical (unpaired) electrons. The summed E-state index contributed by atoms with van der Waals surface area (Å²) in [6, 6.07) is 8.46. The largest absolute Gasteiger partial charge is 0.516 e. The first-order valence-electron chi connectivity index (χ1n) is 7.35. The fourth-order valence-electron chi connectivity index (χ4n) is 2.58. The van der Waals surface area contributed by atoms with Gasteiger partial charge in [-0.2, -0.15) is 0 Å². The monoisotopic (exact) mass is 291 g/mol. The van der Waals surface area contributed by atoms with Gasteiger partial charge in [-0.15, -0.1) is 0 Å². The Hall–Kier alpha value is -1.88. The van der Waals surface area contributed by atoms with Crippen LogP contribution in [0.3, 0.4) is 0 Å². The highest BCUT2D eigenvalue weighted by Gasteiger charge is 2.29. The minimum absolute atomic E-state index is 0.0750. The van der Waals surface area contributed by atoms with Gasteiger partial charge in [0.1, 0.15) is 12.6 Å². The van der Waals surface area contributed by atoms with Crippen LogP contribution in [-0.2, 0) is 20.9 Å². The number of carbonyl (C=O) groups excluding carboxylic acids is 2. The van der Waals surface area contributed by atoms with Crippen LogP contribution in [0.4, 0.5) is 4.79 Å². The molecule has 2 rings (SSSR count). The van der Waals surface area contributed by atoms with Crippen molar-refractivity contribution in [1.29, 1.82) is 0 Å². The number of benzene rings is 1. The molecule has 0 amide bonds. The van der Waals surface area contributed by atoms with Crippen LogP contribution >= 0.6 is 0 Å². The molecule has 1 fully saturated rings. The molecule has 1 aliphatic carbocycles. The van der Waals surface area contributed by atoms with E-state index in [0.29, 0.717) is 0 Å². The summed E-state index contributed by atoms with van der Waals surface area (Å²) in [4.78, 5) is 23.3. The topological polar surface area (TPSA) is 78.6 Å². The van der Waals surface area contributed by atoms with Gasteiger partial charge in [-0.3, -0.25) is 0 Å². The SMILES string of the molecule is N[C@H](C(=O)OC(=O)OCc1ccccc1)C1CCCCC1. The second kappa shape index (κ2) is 7.78. The molecule has 1 saturated carbocycles. The zero-order chi connectivity index (χ0) is 15.1. The summed E-state index contributed by atoms with van der Waals surface area (Å²) in [7, 11) is 0. The molecule has 1 atom stereocenters. The van der Waals surface area contributed by atoms with E-state index in [1.54, 1.807) is 0 Å². The summed E-state index contributed by atoms with van der Waals surface area (Å²) in [5.41, 5.74) is 6.70. The second-order valence-electron chi connectivity index (χ2n) is 5.37. The Labute approximate surface area is 124 Å². The summed E-state index contributed by atoms with van der Waals surface area (Å²) in [6.07, 6.45) is 4.16. The van der Waals surface area contributed by atoms with Gasteiger partial charge in [-0.25, -0.2) is 9.59 Å². The first-order chi connectivity index (χ1) is 10.2. The van der Waals surface area contributed by atoms with Gasteiger partial charge in [-0.05, 0) is 24.3 Å². The van der Waals surface area contributed by atoms with Crippen LogP contribution in [0.25, 0.3) is 0 Å². The van der Waals surface area contributed by atoms with Gasteiger partial charge in [-0.1, -0.05) is 49.6 Å². The smallest absolute Gasteiger partial charge is 0.429 e. The molecule has 2 N–H and O–H groups in total. The van der Waals surface area contributed by atoms with E-state index in [0.717, 1.165) is 31.2 Å². The lowest BCUT2D eigenvalue weighted by molar-refractivity contribution is -0.143. The van der Waals surface area contributed by atoms with Gasteiger partial charge in [0.05, 0.1) is 0 Å². The highest BCUT2D eigenvalue weighted by molar-refractivity contribution is 5.85. The normalized spacial score (nSPS) is 17.0. The fraction of sp³-hybridized carbons (Fsp3) is 0.500. The first-order valence-corrected chi connectivity index (χ1v) is 7.35. The van der Waals surface area contributed by atoms with E-state index in [9.17, 15) is 9.59 Å². The summed E-state index contributed by atoms with van der Waals surface area (Å²) in [5.74, 6) is -0.590. The summed E-state index contributed by atoms with van der Waals surface area (Å²) in [5, 5.41) is 0. The number of nitrogens with two attached hydrogens (primary N) is 1. The minimum atomic E-state index is -0.991. The predicted molar refractivity (Wildman–Crippen MR) is 77.3 cm³/mol. The second-order valence-corrected chi connectivity index (χ2v) is 5.37. The van der Waals surface area contributed by atoms with Crippen LogP contribution in [0.1, 0.15) is 37.7 Å². The minimum Gasteiger partial charge on any atom is -0.429 e. The first kappa shape index (κ1) is 15.5. The zero-order valence-electron chi connectivity index (χ0n) is 12.0. The van der Waals surface area contributed by atoms with E-state index in [1.165, 1.54) is 6.42 Å². The number of hydrogen-bond donors (Lipinski definition) is 1. The van der Waals surface area contributed by atoms with Crippen LogP contribution in [0.5, 0.6) is 0 Å². The fourth-order valence-corrected chi connectivity index (χ4v) is 2.58. The van der Waals surface area contributed by atoms with Gasteiger partial charge >= 0.3 is 12.1 Å². The molecule has 0 aromatic heterocycles. The highest BCUT2D eigenvalue weighted by atomic mass is 16.7. The molecule has 0 unspecified atom stereocenters. The maximum absolute atomic E-state index is 11.8. The van der Waals surface area contributed by atoms with Crippen molar-refractivity contribution < 1.29 is 19.1 Å². The Bertz CT molecular complexity index is 468. The lowest BCUT2D eigenvalue weighted by Crippen LogP contribution is -2.41. The van der Waals surface area contributed by atoms with Gasteiger partial charge < -0.3 is 15.2 Å². The van der Waals surface area contributed by atoms with E-state index in [-0.39, 0.29) is 12.5 Å². The van der Waals surface area contributed by atoms with Crippen molar-refractivity contribution in [1.82, 2.24) is 0 Å². The van der Waals surface area contributed by atoms with Gasteiger partial charge in [0.25, 0.3) is 0 Å². The molecule has 1 aliphatic rings. The van der Waals surface area contributed by atoms with E-state index in [1.807, 2.05) is 30.3 Å². The maximum atomic E-state index is 11.8. The van der Waals surface area contributed by atoms with E-state index < -0.39 is 18.2 Å². The van der Waals surface area contributed by atoms with Gasteiger partial charge in [0.15, 0.2) is 0 Å². The van der Waals surface area contributed by atoms with Crippen LogP contribution in [-0.4, -0.2) is 18.2 Å². The zero-order valence-corrected chi connectivity index (χ0v) is 12.0. The molecule has 0 aliphatic heterocycles. The van der Waals surface area contributed by atoms with Crippen LogP contribution < -0.4 is 5.73 Å². The third-order valence-corrected chi connectivity index (χ3v) is 3.81. The van der Waals surface area contributed by atoms with Crippen LogP contribution in [0, 0.1) is 5.92 Å². The Morgan fingerprint density at radius 1 is 1.14 bits per heavy atom. The molecular formula is C16H21NO4. The number of rotatable bonds is 4. The van der Waals surface area contributed by atoms with Crippen molar-refractivity contribution in [3.8, 4) is 0 Å². The van der Waals surface area contributed by atoms with Crippen LogP contribution in [0.15, 0.2) is 30.3 Å². The highest BCUT2D eigenvalue weighted by Crippen LogP contribution is 2.26. The molecule has 5 nitrogen and oxygen atoms in total. The number of hydrogen-bond acceptors (Lipinski definition) is 5. The van der Waals surface area contributed by atoms with Crippen molar-refractivity contribution in [2.45, 2.75) is 44.8 Å². The van der Waals surface area contributed by atoms with Crippen molar-refractivity contribution in [2.75, 3.05) is 0 Å². The Morgan fingerprint density at radius 3 is 2.48 bits per heavy atom. The van der Waals surface area contributed by atoms with Crippen molar-refractivity contribution in [3.05, 3.63) is 35.9 Å². The van der Waals surface area contributed by atoms with E-state index in [2.05, 4.69) is 4.74 Å². The molecule has 1 aromatic carbocycles. The lowest BCUT2D eigenvalue weighted by Gasteiger charge is -2.25. The predicted octanol–water partition coefficient (Wildman–Crippen LogP) is 2.77. The van der Waals surface area contributed by atoms with Crippen molar-refractivity contribution in [2.24, 2.45) is 11.7 Å². The quantitative estimate of drug-likeness (QED) is 0.681. The van der Waals surface area contributed by atoms with Gasteiger partial charge in [0, 0.05) is 0 Å². The van der Waals surface area contributed by atoms with E-state index in [4.69, 9.17) is 10.5 Å². The summed E-state index contributed by atoms with van der Waals surface area (Å²) >= 11 is 0. The van der Waals surface area contributed by atoms with Crippen molar-refractivity contribution in [3.63, 3.8) is 0 Å². The third kappa shape index (κ3) is 4.86. The Kier molecular flexibility index (Phi) is 5.75. The average molecular weight is 291 g/mol. The molecule has 0 bridgehead atoms. The molecular weight excluding hydrogens is 270 g/mol. The van der Waals surface area contributed by atoms with E-state index >= 15 is 0 Å². The maximum Gasteiger partial charge on any atom is 0.516 e. The average Bonchev–Trinajstić information content (AvgIpc) is 2.54. The molecule has 0 spiro atoms. The standard InChI is InChI=1S/C16H21NO4/c17-14(13-9-5-2-6-10-13)15(18)21-16(19)20-11-12-7-3-1-4-8-12/h1,3-4,7-8,13-14H,2,5-6,9-11,17H2/t14-/m0/s1. The number of esters is 1. The number of carbonyl (C=O) groups is 2. The number of ether oxygens (including phenoxy) is 2. The molecule has 1 aromatic rings. The molecule has 21 heavy (non-hydrogen) atoms. The Balaban J connectivity index is 1.75. The summed E-state index contributed by atoms with van der Waals surface area (Å²) in [6.45, 7) is 0.0750. The lowest BCUT2D eigenvalue weighted by atomic mass is 9.84. The molecule has 5 heteroatoms. The van der Waals surface area contributed by atoms with Crippen LogP contribution in [0.2, 0.25) is 0 Å². The molecule has 0 heterocycles. The summed E-state index contributed by atoms with van der Waals surface area (Å²) < 4.78 is 9.56. The molecule has 0 saturated heterocycles. The molecule has 114 valence electrons. The van der Waals surface area contributed by atoms with Gasteiger partial charge in [0.2, 0.25) is 0 Å².